The first kappa shape index (κ1) is 11.1. The summed E-state index contributed by atoms with van der Waals surface area (Å²) in [6.45, 7) is 0. The molecular formula is C9H7BrF2O2. The van der Waals surface area contributed by atoms with Crippen molar-refractivity contribution in [2.24, 2.45) is 0 Å². The van der Waals surface area contributed by atoms with Gasteiger partial charge in [0.15, 0.2) is 0 Å². The number of ether oxygens (including phenoxy) is 1. The normalized spacial score (nSPS) is 10.0. The lowest BCUT2D eigenvalue weighted by Crippen LogP contribution is -2.05. The first-order valence-electron chi connectivity index (χ1n) is 3.75. The molecule has 1 aromatic rings. The molecule has 0 aliphatic carbocycles. The van der Waals surface area contributed by atoms with Crippen molar-refractivity contribution in [1.29, 1.82) is 0 Å². The van der Waals surface area contributed by atoms with Crippen LogP contribution in [0.15, 0.2) is 16.6 Å². The Morgan fingerprint density at radius 2 is 1.93 bits per heavy atom. The van der Waals surface area contributed by atoms with Crippen LogP contribution in [0.5, 0.6) is 0 Å². The number of hydrogen-bond donors (Lipinski definition) is 0. The zero-order chi connectivity index (χ0) is 10.7. The molecule has 1 rings (SSSR count). The summed E-state index contributed by atoms with van der Waals surface area (Å²) in [7, 11) is 1.22. The van der Waals surface area contributed by atoms with Crippen molar-refractivity contribution in [1.82, 2.24) is 0 Å². The summed E-state index contributed by atoms with van der Waals surface area (Å²) in [4.78, 5) is 10.8. The molecule has 76 valence electrons. The molecule has 0 radical (unpaired) electrons. The molecular weight excluding hydrogens is 258 g/mol. The Morgan fingerprint density at radius 3 is 2.36 bits per heavy atom. The lowest BCUT2D eigenvalue weighted by atomic mass is 10.1. The second-order valence-corrected chi connectivity index (χ2v) is 3.42. The van der Waals surface area contributed by atoms with Crippen LogP contribution in [0.2, 0.25) is 0 Å². The molecule has 0 bridgehead atoms. The Bertz CT molecular complexity index is 343. The fourth-order valence-electron chi connectivity index (χ4n) is 0.949. The van der Waals surface area contributed by atoms with Crippen LogP contribution in [-0.2, 0) is 16.0 Å². The van der Waals surface area contributed by atoms with Crippen LogP contribution in [0, 0.1) is 11.6 Å². The molecule has 0 aliphatic rings. The fourth-order valence-corrected chi connectivity index (χ4v) is 1.18. The maximum Gasteiger partial charge on any atom is 0.309 e. The van der Waals surface area contributed by atoms with Crippen molar-refractivity contribution in [2.75, 3.05) is 7.11 Å². The van der Waals surface area contributed by atoms with E-state index in [2.05, 4.69) is 20.7 Å². The number of rotatable bonds is 2. The van der Waals surface area contributed by atoms with E-state index < -0.39 is 17.6 Å². The standard InChI is InChI=1S/C9H7BrF2O2/c1-14-8(13)4-5-2-6(11)9(10)7(12)3-5/h2-3H,4H2,1H3. The van der Waals surface area contributed by atoms with Crippen LogP contribution in [0.3, 0.4) is 0 Å². The van der Waals surface area contributed by atoms with Gasteiger partial charge in [0, 0.05) is 0 Å². The molecule has 0 spiro atoms. The van der Waals surface area contributed by atoms with Gasteiger partial charge in [0.05, 0.1) is 18.0 Å². The zero-order valence-corrected chi connectivity index (χ0v) is 8.90. The molecule has 0 aliphatic heterocycles. The van der Waals surface area contributed by atoms with Crippen molar-refractivity contribution in [3.05, 3.63) is 33.8 Å². The number of halogens is 3. The fraction of sp³-hybridized carbons (Fsp3) is 0.222. The van der Waals surface area contributed by atoms with E-state index in [-0.39, 0.29) is 16.5 Å². The molecule has 1 aromatic carbocycles. The minimum Gasteiger partial charge on any atom is -0.469 e. The quantitative estimate of drug-likeness (QED) is 0.606. The predicted molar refractivity (Wildman–Crippen MR) is 49.8 cm³/mol. The Labute approximate surface area is 88.0 Å². The van der Waals surface area contributed by atoms with Gasteiger partial charge in [0.2, 0.25) is 0 Å². The van der Waals surface area contributed by atoms with Gasteiger partial charge in [-0.25, -0.2) is 8.78 Å². The molecule has 0 heterocycles. The van der Waals surface area contributed by atoms with Crippen LogP contribution in [0.1, 0.15) is 5.56 Å². The number of carbonyl (C=O) groups is 1. The minimum absolute atomic E-state index is 0.141. The number of esters is 1. The Morgan fingerprint density at radius 1 is 1.43 bits per heavy atom. The number of hydrogen-bond acceptors (Lipinski definition) is 2. The van der Waals surface area contributed by atoms with Gasteiger partial charge < -0.3 is 4.74 Å². The third-order valence-corrected chi connectivity index (χ3v) is 2.38. The van der Waals surface area contributed by atoms with E-state index in [1.165, 1.54) is 7.11 Å². The van der Waals surface area contributed by atoms with E-state index in [1.807, 2.05) is 0 Å². The van der Waals surface area contributed by atoms with Gasteiger partial charge in [-0.05, 0) is 33.6 Å². The molecule has 0 amide bonds. The van der Waals surface area contributed by atoms with Crippen molar-refractivity contribution < 1.29 is 18.3 Å². The Hall–Kier alpha value is -0.970. The van der Waals surface area contributed by atoms with Crippen molar-refractivity contribution in [3.63, 3.8) is 0 Å². The minimum atomic E-state index is -0.732. The molecule has 0 saturated heterocycles. The topological polar surface area (TPSA) is 26.3 Å². The lowest BCUT2D eigenvalue weighted by molar-refractivity contribution is -0.139. The summed E-state index contributed by atoms with van der Waals surface area (Å²) in [6, 6.07) is 2.17. The van der Waals surface area contributed by atoms with Gasteiger partial charge >= 0.3 is 5.97 Å². The smallest absolute Gasteiger partial charge is 0.309 e. The van der Waals surface area contributed by atoms with Crippen molar-refractivity contribution >= 4 is 21.9 Å². The van der Waals surface area contributed by atoms with E-state index in [4.69, 9.17) is 0 Å². The highest BCUT2D eigenvalue weighted by Crippen LogP contribution is 2.21. The second kappa shape index (κ2) is 4.50. The Balaban J connectivity index is 2.95. The third kappa shape index (κ3) is 2.51. The zero-order valence-electron chi connectivity index (χ0n) is 7.31. The summed E-state index contributed by atoms with van der Waals surface area (Å²) in [5.41, 5.74) is 0.245. The average Bonchev–Trinajstić information content (AvgIpc) is 2.14. The largest absolute Gasteiger partial charge is 0.469 e. The molecule has 14 heavy (non-hydrogen) atoms. The maximum absolute atomic E-state index is 13.0. The van der Waals surface area contributed by atoms with Gasteiger partial charge in [-0.3, -0.25) is 4.79 Å². The maximum atomic E-state index is 13.0. The highest BCUT2D eigenvalue weighted by molar-refractivity contribution is 9.10. The van der Waals surface area contributed by atoms with Crippen LogP contribution in [0.25, 0.3) is 0 Å². The molecule has 2 nitrogen and oxygen atoms in total. The van der Waals surface area contributed by atoms with Crippen LogP contribution in [-0.4, -0.2) is 13.1 Å². The van der Waals surface area contributed by atoms with Crippen molar-refractivity contribution in [3.8, 4) is 0 Å². The molecule has 0 unspecified atom stereocenters. The summed E-state index contributed by atoms with van der Waals surface area (Å²) in [5.74, 6) is -2.00. The predicted octanol–water partition coefficient (Wildman–Crippen LogP) is 2.44. The molecule has 0 aromatic heterocycles. The van der Waals surface area contributed by atoms with Crippen LogP contribution < -0.4 is 0 Å². The van der Waals surface area contributed by atoms with E-state index in [0.717, 1.165) is 12.1 Å². The summed E-state index contributed by atoms with van der Waals surface area (Å²) < 4.78 is 30.0. The average molecular weight is 265 g/mol. The number of benzene rings is 1. The molecule has 0 fully saturated rings. The van der Waals surface area contributed by atoms with E-state index in [9.17, 15) is 13.6 Å². The van der Waals surface area contributed by atoms with Gasteiger partial charge in [-0.15, -0.1) is 0 Å². The highest BCUT2D eigenvalue weighted by atomic mass is 79.9. The molecule has 0 N–H and O–H groups in total. The van der Waals surface area contributed by atoms with Gasteiger partial charge in [0.1, 0.15) is 11.6 Å². The SMILES string of the molecule is COC(=O)Cc1cc(F)c(Br)c(F)c1. The number of carbonyl (C=O) groups excluding carboxylic acids is 1. The molecule has 5 heteroatoms. The van der Waals surface area contributed by atoms with Gasteiger partial charge in [0.25, 0.3) is 0 Å². The van der Waals surface area contributed by atoms with E-state index >= 15 is 0 Å². The summed E-state index contributed by atoms with van der Waals surface area (Å²) in [5, 5.41) is 0. The third-order valence-electron chi connectivity index (χ3n) is 1.62. The second-order valence-electron chi connectivity index (χ2n) is 2.63. The van der Waals surface area contributed by atoms with Gasteiger partial charge in [-0.1, -0.05) is 0 Å². The summed E-state index contributed by atoms with van der Waals surface area (Å²) >= 11 is 2.73. The van der Waals surface area contributed by atoms with Crippen molar-refractivity contribution in [2.45, 2.75) is 6.42 Å². The van der Waals surface area contributed by atoms with E-state index in [0.29, 0.717) is 0 Å². The Kier molecular flexibility index (Phi) is 3.57. The number of methoxy groups -OCH3 is 1. The lowest BCUT2D eigenvalue weighted by Gasteiger charge is -2.02. The molecule has 0 atom stereocenters. The summed E-state index contributed by atoms with van der Waals surface area (Å²) in [6.07, 6.45) is -0.141. The highest BCUT2D eigenvalue weighted by Gasteiger charge is 2.10. The van der Waals surface area contributed by atoms with Crippen LogP contribution >= 0.6 is 15.9 Å². The van der Waals surface area contributed by atoms with Gasteiger partial charge in [-0.2, -0.15) is 0 Å². The first-order valence-corrected chi connectivity index (χ1v) is 4.54. The van der Waals surface area contributed by atoms with E-state index in [1.54, 1.807) is 0 Å². The van der Waals surface area contributed by atoms with Crippen LogP contribution in [0.4, 0.5) is 8.78 Å². The monoisotopic (exact) mass is 264 g/mol. The first-order chi connectivity index (χ1) is 6.54. The molecule has 0 saturated carbocycles.